The van der Waals surface area contributed by atoms with E-state index in [4.69, 9.17) is 4.74 Å². The molecule has 0 aliphatic carbocycles. The van der Waals surface area contributed by atoms with Gasteiger partial charge in [0.1, 0.15) is 0 Å². The monoisotopic (exact) mass is 344 g/mol. The van der Waals surface area contributed by atoms with E-state index in [1.54, 1.807) is 31.3 Å². The molecule has 1 unspecified atom stereocenters. The van der Waals surface area contributed by atoms with E-state index in [0.717, 1.165) is 18.5 Å². The zero-order valence-electron chi connectivity index (χ0n) is 15.6. The van der Waals surface area contributed by atoms with Crippen molar-refractivity contribution in [2.75, 3.05) is 25.1 Å². The molecule has 1 aromatic rings. The quantitative estimate of drug-likeness (QED) is 0.771. The molecule has 25 heavy (non-hydrogen) atoms. The normalized spacial score (nSPS) is 19.1. The molecule has 1 atom stereocenters. The summed E-state index contributed by atoms with van der Waals surface area (Å²) in [5.74, 6) is -0.159. The Labute approximate surface area is 150 Å². The van der Waals surface area contributed by atoms with Gasteiger partial charge in [0, 0.05) is 37.5 Å². The summed E-state index contributed by atoms with van der Waals surface area (Å²) in [6.45, 7) is 11.0. The van der Waals surface area contributed by atoms with Crippen LogP contribution < -0.4 is 4.90 Å². The van der Waals surface area contributed by atoms with Crippen LogP contribution in [0.1, 0.15) is 44.0 Å². The zero-order valence-corrected chi connectivity index (χ0v) is 15.6. The first-order chi connectivity index (χ1) is 11.8. The molecule has 2 rings (SSSR count). The standard InChI is InChI=1S/C20H28N2O3/c1-6-18(23)21(5)16-10-8-15(9-11-16)19(24)22(7-2)17-12-13-25-20(3,4)14-17/h6,8-11,17H,1,7,12-14H2,2-5H3. The van der Waals surface area contributed by atoms with E-state index >= 15 is 0 Å². The summed E-state index contributed by atoms with van der Waals surface area (Å²) in [5.41, 5.74) is 1.17. The Morgan fingerprint density at radius 2 is 1.96 bits per heavy atom. The summed E-state index contributed by atoms with van der Waals surface area (Å²) >= 11 is 0. The number of anilines is 1. The second-order valence-electron chi connectivity index (χ2n) is 6.99. The smallest absolute Gasteiger partial charge is 0.254 e. The highest BCUT2D eigenvalue weighted by molar-refractivity contribution is 6.01. The molecule has 0 spiro atoms. The van der Waals surface area contributed by atoms with Gasteiger partial charge in [0.25, 0.3) is 5.91 Å². The molecule has 0 saturated carbocycles. The average molecular weight is 344 g/mol. The number of carbonyl (C=O) groups excluding carboxylic acids is 2. The highest BCUT2D eigenvalue weighted by Crippen LogP contribution is 2.28. The van der Waals surface area contributed by atoms with Crippen LogP contribution in [0.5, 0.6) is 0 Å². The maximum Gasteiger partial charge on any atom is 0.254 e. The molecule has 0 radical (unpaired) electrons. The molecule has 1 saturated heterocycles. The van der Waals surface area contributed by atoms with Gasteiger partial charge in [0.2, 0.25) is 5.91 Å². The predicted octanol–water partition coefficient (Wildman–Crippen LogP) is 3.26. The Morgan fingerprint density at radius 3 is 2.48 bits per heavy atom. The Hall–Kier alpha value is -2.14. The molecular weight excluding hydrogens is 316 g/mol. The molecule has 1 heterocycles. The molecular formula is C20H28N2O3. The number of carbonyl (C=O) groups is 2. The van der Waals surface area contributed by atoms with E-state index in [1.807, 2.05) is 11.8 Å². The lowest BCUT2D eigenvalue weighted by Gasteiger charge is -2.41. The topological polar surface area (TPSA) is 49.9 Å². The molecule has 1 aromatic carbocycles. The summed E-state index contributed by atoms with van der Waals surface area (Å²) < 4.78 is 5.77. The fourth-order valence-electron chi connectivity index (χ4n) is 3.29. The van der Waals surface area contributed by atoms with Crippen LogP contribution >= 0.6 is 0 Å². The molecule has 0 aromatic heterocycles. The first-order valence-corrected chi connectivity index (χ1v) is 8.74. The van der Waals surface area contributed by atoms with E-state index in [-0.39, 0.29) is 23.5 Å². The lowest BCUT2D eigenvalue weighted by molar-refractivity contribution is -0.113. The van der Waals surface area contributed by atoms with Gasteiger partial charge in [0.05, 0.1) is 5.60 Å². The molecule has 2 amide bonds. The van der Waals surface area contributed by atoms with Gasteiger partial charge in [-0.2, -0.15) is 0 Å². The largest absolute Gasteiger partial charge is 0.375 e. The molecule has 5 nitrogen and oxygen atoms in total. The SMILES string of the molecule is C=CC(=O)N(C)c1ccc(C(=O)N(CC)C2CCOC(C)(C)C2)cc1. The summed E-state index contributed by atoms with van der Waals surface area (Å²) in [4.78, 5) is 28.0. The van der Waals surface area contributed by atoms with E-state index < -0.39 is 0 Å². The van der Waals surface area contributed by atoms with E-state index in [1.165, 1.54) is 11.0 Å². The van der Waals surface area contributed by atoms with Crippen molar-refractivity contribution < 1.29 is 14.3 Å². The van der Waals surface area contributed by atoms with Crippen molar-refractivity contribution in [2.45, 2.75) is 45.3 Å². The van der Waals surface area contributed by atoms with Crippen LogP contribution in [0.15, 0.2) is 36.9 Å². The summed E-state index contributed by atoms with van der Waals surface area (Å²) in [5, 5.41) is 0. The van der Waals surface area contributed by atoms with Gasteiger partial charge in [-0.05, 0) is 64.0 Å². The van der Waals surface area contributed by atoms with E-state index in [2.05, 4.69) is 20.4 Å². The molecule has 1 fully saturated rings. The Balaban J connectivity index is 2.15. The summed E-state index contributed by atoms with van der Waals surface area (Å²) in [6.07, 6.45) is 2.96. The van der Waals surface area contributed by atoms with Gasteiger partial charge >= 0.3 is 0 Å². The number of nitrogens with zero attached hydrogens (tertiary/aromatic N) is 2. The average Bonchev–Trinajstić information content (AvgIpc) is 2.60. The van der Waals surface area contributed by atoms with Crippen LogP contribution in [0.3, 0.4) is 0 Å². The second-order valence-corrected chi connectivity index (χ2v) is 6.99. The minimum Gasteiger partial charge on any atom is -0.375 e. The van der Waals surface area contributed by atoms with Crippen molar-refractivity contribution in [1.82, 2.24) is 4.90 Å². The summed E-state index contributed by atoms with van der Waals surface area (Å²) in [7, 11) is 1.68. The number of hydrogen-bond donors (Lipinski definition) is 0. The van der Waals surface area contributed by atoms with Crippen molar-refractivity contribution in [3.8, 4) is 0 Å². The molecule has 1 aliphatic heterocycles. The third-order valence-electron chi connectivity index (χ3n) is 4.72. The van der Waals surface area contributed by atoms with Gasteiger partial charge < -0.3 is 14.5 Å². The summed E-state index contributed by atoms with van der Waals surface area (Å²) in [6, 6.07) is 7.31. The first kappa shape index (κ1) is 19.2. The van der Waals surface area contributed by atoms with Crippen molar-refractivity contribution >= 4 is 17.5 Å². The Kier molecular flexibility index (Phi) is 6.01. The minimum atomic E-state index is -0.200. The molecule has 0 N–H and O–H groups in total. The minimum absolute atomic E-state index is 0.0226. The van der Waals surface area contributed by atoms with Crippen molar-refractivity contribution in [3.05, 3.63) is 42.5 Å². The molecule has 1 aliphatic rings. The van der Waals surface area contributed by atoms with Crippen molar-refractivity contribution in [1.29, 1.82) is 0 Å². The molecule has 0 bridgehead atoms. The maximum atomic E-state index is 12.9. The van der Waals surface area contributed by atoms with Crippen LogP contribution in [0.4, 0.5) is 5.69 Å². The number of likely N-dealkylation sites (N-methyl/N-ethyl adjacent to an activating group) is 1. The molecule has 136 valence electrons. The fraction of sp³-hybridized carbons (Fsp3) is 0.500. The number of benzene rings is 1. The fourth-order valence-corrected chi connectivity index (χ4v) is 3.29. The van der Waals surface area contributed by atoms with Crippen LogP contribution in [0.2, 0.25) is 0 Å². The van der Waals surface area contributed by atoms with Gasteiger partial charge in [0.15, 0.2) is 0 Å². The predicted molar refractivity (Wildman–Crippen MR) is 99.8 cm³/mol. The van der Waals surface area contributed by atoms with Crippen molar-refractivity contribution in [3.63, 3.8) is 0 Å². The van der Waals surface area contributed by atoms with Crippen LogP contribution in [0, 0.1) is 0 Å². The highest BCUT2D eigenvalue weighted by Gasteiger charge is 2.34. The number of hydrogen-bond acceptors (Lipinski definition) is 3. The van der Waals surface area contributed by atoms with Crippen molar-refractivity contribution in [2.24, 2.45) is 0 Å². The number of amides is 2. The third-order valence-corrected chi connectivity index (χ3v) is 4.72. The van der Waals surface area contributed by atoms with Crippen LogP contribution in [0.25, 0.3) is 0 Å². The van der Waals surface area contributed by atoms with Crippen LogP contribution in [-0.2, 0) is 9.53 Å². The highest BCUT2D eigenvalue weighted by atomic mass is 16.5. The maximum absolute atomic E-state index is 12.9. The number of rotatable bonds is 5. The van der Waals surface area contributed by atoms with E-state index in [0.29, 0.717) is 18.7 Å². The Bertz CT molecular complexity index is 637. The first-order valence-electron chi connectivity index (χ1n) is 8.74. The van der Waals surface area contributed by atoms with E-state index in [9.17, 15) is 9.59 Å². The number of ether oxygens (including phenoxy) is 1. The second kappa shape index (κ2) is 7.83. The third kappa shape index (κ3) is 4.48. The zero-order chi connectivity index (χ0) is 18.6. The van der Waals surface area contributed by atoms with Gasteiger partial charge in [-0.25, -0.2) is 0 Å². The van der Waals surface area contributed by atoms with Crippen LogP contribution in [-0.4, -0.2) is 48.6 Å². The van der Waals surface area contributed by atoms with Gasteiger partial charge in [-0.15, -0.1) is 0 Å². The lowest BCUT2D eigenvalue weighted by Crippen LogP contribution is -2.48. The van der Waals surface area contributed by atoms with Gasteiger partial charge in [-0.1, -0.05) is 6.58 Å². The molecule has 5 heteroatoms. The van der Waals surface area contributed by atoms with Gasteiger partial charge in [-0.3, -0.25) is 9.59 Å². The lowest BCUT2D eigenvalue weighted by atomic mass is 9.92. The Morgan fingerprint density at radius 1 is 1.32 bits per heavy atom.